The van der Waals surface area contributed by atoms with Gasteiger partial charge >= 0.3 is 11.4 Å². The summed E-state index contributed by atoms with van der Waals surface area (Å²) in [4.78, 5) is 24.3. The molecule has 2 rings (SSSR count). The van der Waals surface area contributed by atoms with E-state index >= 15 is 0 Å². The first-order chi connectivity index (χ1) is 7.20. The minimum atomic E-state index is -0.529. The van der Waals surface area contributed by atoms with E-state index in [9.17, 15) is 9.59 Å². The van der Waals surface area contributed by atoms with Crippen LogP contribution in [0.25, 0.3) is 5.69 Å². The second-order valence-electron chi connectivity index (χ2n) is 3.08. The van der Waals surface area contributed by atoms with Gasteiger partial charge in [-0.25, -0.2) is 19.4 Å². The molecule has 0 atom stereocenters. The minimum Gasteiger partial charge on any atom is -0.326 e. The van der Waals surface area contributed by atoms with Crippen molar-refractivity contribution in [3.05, 3.63) is 50.8 Å². The van der Waals surface area contributed by atoms with Crippen molar-refractivity contribution in [1.82, 2.24) is 14.8 Å². The summed E-state index contributed by atoms with van der Waals surface area (Å²) in [5.41, 5.74) is 5.93. The first-order valence-electron chi connectivity index (χ1n) is 4.41. The normalized spacial score (nSPS) is 10.5. The zero-order valence-electron chi connectivity index (χ0n) is 7.86. The van der Waals surface area contributed by atoms with Crippen LogP contribution in [0.4, 0.5) is 0 Å². The van der Waals surface area contributed by atoms with E-state index in [0.717, 1.165) is 10.2 Å². The van der Waals surface area contributed by atoms with Crippen LogP contribution in [0.3, 0.4) is 0 Å². The molecule has 4 N–H and O–H groups in total. The van der Waals surface area contributed by atoms with Crippen LogP contribution >= 0.6 is 0 Å². The average molecular weight is 206 g/mol. The fourth-order valence-electron chi connectivity index (χ4n) is 1.34. The van der Waals surface area contributed by atoms with Crippen LogP contribution in [0.2, 0.25) is 0 Å². The SMILES string of the molecule is NCc1cccc(-n2[nH]c(=O)[nH]c2=O)c1. The number of aromatic nitrogens is 3. The maximum absolute atomic E-state index is 11.3. The minimum absolute atomic E-state index is 0.386. The van der Waals surface area contributed by atoms with Gasteiger partial charge in [-0.2, -0.15) is 0 Å². The first-order valence-corrected chi connectivity index (χ1v) is 4.41. The molecule has 0 aliphatic heterocycles. The number of benzene rings is 1. The van der Waals surface area contributed by atoms with Crippen molar-refractivity contribution in [1.29, 1.82) is 0 Å². The quantitative estimate of drug-likeness (QED) is 0.606. The lowest BCUT2D eigenvalue weighted by Crippen LogP contribution is -2.16. The second kappa shape index (κ2) is 3.58. The Morgan fingerprint density at radius 1 is 1.33 bits per heavy atom. The molecular weight excluding hydrogens is 196 g/mol. The molecule has 0 saturated heterocycles. The largest absolute Gasteiger partial charge is 0.349 e. The molecule has 15 heavy (non-hydrogen) atoms. The molecule has 2 aromatic rings. The third-order valence-corrected chi connectivity index (χ3v) is 2.04. The number of nitrogens with two attached hydrogens (primary N) is 1. The maximum Gasteiger partial charge on any atom is 0.349 e. The van der Waals surface area contributed by atoms with Gasteiger partial charge in [0.2, 0.25) is 0 Å². The van der Waals surface area contributed by atoms with Crippen molar-refractivity contribution >= 4 is 0 Å². The molecule has 1 aromatic carbocycles. The molecule has 0 aliphatic carbocycles. The summed E-state index contributed by atoms with van der Waals surface area (Å²) in [6.07, 6.45) is 0. The second-order valence-corrected chi connectivity index (χ2v) is 3.08. The molecule has 0 spiro atoms. The van der Waals surface area contributed by atoms with Gasteiger partial charge in [-0.1, -0.05) is 12.1 Å². The fourth-order valence-corrected chi connectivity index (χ4v) is 1.34. The Kier molecular flexibility index (Phi) is 2.26. The molecule has 6 nitrogen and oxygen atoms in total. The van der Waals surface area contributed by atoms with E-state index in [-0.39, 0.29) is 0 Å². The summed E-state index contributed by atoms with van der Waals surface area (Å²) >= 11 is 0. The monoisotopic (exact) mass is 206 g/mol. The van der Waals surface area contributed by atoms with Crippen LogP contribution in [0.1, 0.15) is 5.56 Å². The summed E-state index contributed by atoms with van der Waals surface area (Å²) in [7, 11) is 0. The topological polar surface area (TPSA) is 96.7 Å². The van der Waals surface area contributed by atoms with Crippen molar-refractivity contribution in [2.24, 2.45) is 5.73 Å². The Bertz CT molecular complexity index is 578. The number of nitrogens with one attached hydrogen (secondary N) is 2. The van der Waals surface area contributed by atoms with Crippen molar-refractivity contribution in [2.75, 3.05) is 0 Å². The van der Waals surface area contributed by atoms with Crippen molar-refractivity contribution in [3.8, 4) is 5.69 Å². The van der Waals surface area contributed by atoms with Crippen LogP contribution in [-0.2, 0) is 6.54 Å². The molecule has 0 radical (unpaired) electrons. The summed E-state index contributed by atoms with van der Waals surface area (Å²) in [5, 5.41) is 2.36. The summed E-state index contributed by atoms with van der Waals surface area (Å²) < 4.78 is 1.14. The Morgan fingerprint density at radius 2 is 2.13 bits per heavy atom. The Morgan fingerprint density at radius 3 is 2.73 bits per heavy atom. The summed E-state index contributed by atoms with van der Waals surface area (Å²) in [6, 6.07) is 7.07. The Balaban J connectivity index is 2.58. The molecule has 0 amide bonds. The van der Waals surface area contributed by atoms with Crippen LogP contribution < -0.4 is 17.1 Å². The summed E-state index contributed by atoms with van der Waals surface area (Å²) in [6.45, 7) is 0.386. The van der Waals surface area contributed by atoms with Gasteiger partial charge < -0.3 is 5.73 Å². The van der Waals surface area contributed by atoms with Crippen LogP contribution in [-0.4, -0.2) is 14.8 Å². The molecule has 0 bridgehead atoms. The number of H-pyrrole nitrogens is 2. The van der Waals surface area contributed by atoms with E-state index in [4.69, 9.17) is 5.73 Å². The standard InChI is InChI=1S/C9H10N4O2/c10-5-6-2-1-3-7(4-6)13-9(15)11-8(14)12-13/h1-4H,5,10H2,(H2,11,12,14,15). The molecule has 0 aliphatic rings. The van der Waals surface area contributed by atoms with Crippen LogP contribution in [0, 0.1) is 0 Å². The zero-order valence-corrected chi connectivity index (χ0v) is 7.86. The lowest BCUT2D eigenvalue weighted by atomic mass is 10.2. The van der Waals surface area contributed by atoms with E-state index in [1.54, 1.807) is 18.2 Å². The molecule has 0 fully saturated rings. The lowest BCUT2D eigenvalue weighted by Gasteiger charge is -2.02. The van der Waals surface area contributed by atoms with E-state index in [0.29, 0.717) is 12.2 Å². The van der Waals surface area contributed by atoms with E-state index < -0.39 is 11.4 Å². The molecule has 1 aromatic heterocycles. The smallest absolute Gasteiger partial charge is 0.326 e. The Labute approximate surface area is 84.3 Å². The third-order valence-electron chi connectivity index (χ3n) is 2.04. The average Bonchev–Trinajstić information content (AvgIpc) is 2.58. The van der Waals surface area contributed by atoms with E-state index in [2.05, 4.69) is 10.1 Å². The van der Waals surface area contributed by atoms with Gasteiger partial charge in [0.1, 0.15) is 0 Å². The molecule has 0 saturated carbocycles. The number of aromatic amines is 2. The maximum atomic E-state index is 11.3. The van der Waals surface area contributed by atoms with Gasteiger partial charge in [0, 0.05) is 6.54 Å². The highest BCUT2D eigenvalue weighted by atomic mass is 16.2. The number of rotatable bonds is 2. The van der Waals surface area contributed by atoms with Crippen LogP contribution in [0.5, 0.6) is 0 Å². The van der Waals surface area contributed by atoms with E-state index in [1.165, 1.54) is 0 Å². The highest BCUT2D eigenvalue weighted by molar-refractivity contribution is 5.34. The number of nitrogens with zero attached hydrogens (tertiary/aromatic N) is 1. The highest BCUT2D eigenvalue weighted by Gasteiger charge is 2.02. The predicted molar refractivity (Wildman–Crippen MR) is 54.9 cm³/mol. The van der Waals surface area contributed by atoms with Gasteiger partial charge in [0.15, 0.2) is 0 Å². The molecule has 78 valence electrons. The molecule has 0 unspecified atom stereocenters. The molecular formula is C9H10N4O2. The van der Waals surface area contributed by atoms with Gasteiger partial charge in [-0.3, -0.25) is 4.98 Å². The number of hydrogen-bond acceptors (Lipinski definition) is 3. The van der Waals surface area contributed by atoms with Gasteiger partial charge in [-0.15, -0.1) is 0 Å². The molecule has 6 heteroatoms. The summed E-state index contributed by atoms with van der Waals surface area (Å²) in [5.74, 6) is 0. The van der Waals surface area contributed by atoms with Crippen molar-refractivity contribution in [3.63, 3.8) is 0 Å². The predicted octanol–water partition coefficient (Wildman–Crippen LogP) is -0.687. The van der Waals surface area contributed by atoms with Crippen LogP contribution in [0.15, 0.2) is 33.9 Å². The zero-order chi connectivity index (χ0) is 10.8. The lowest BCUT2D eigenvalue weighted by molar-refractivity contribution is 0.831. The Hall–Kier alpha value is -2.08. The van der Waals surface area contributed by atoms with Crippen molar-refractivity contribution in [2.45, 2.75) is 6.54 Å². The molecule has 1 heterocycles. The highest BCUT2D eigenvalue weighted by Crippen LogP contribution is 2.06. The number of hydrogen-bond donors (Lipinski definition) is 3. The first kappa shape index (κ1) is 9.47. The van der Waals surface area contributed by atoms with Gasteiger partial charge in [0.05, 0.1) is 5.69 Å². The van der Waals surface area contributed by atoms with Gasteiger partial charge in [0.25, 0.3) is 0 Å². The van der Waals surface area contributed by atoms with Crippen molar-refractivity contribution < 1.29 is 0 Å². The van der Waals surface area contributed by atoms with E-state index in [1.807, 2.05) is 6.07 Å². The van der Waals surface area contributed by atoms with Gasteiger partial charge in [-0.05, 0) is 17.7 Å². The fraction of sp³-hybridized carbons (Fsp3) is 0.111. The third kappa shape index (κ3) is 1.75.